The Kier molecular flexibility index (Phi) is 4.14. The van der Waals surface area contributed by atoms with Gasteiger partial charge in [-0.3, -0.25) is 4.79 Å². The van der Waals surface area contributed by atoms with Gasteiger partial charge in [0.1, 0.15) is 19.0 Å². The molecular formula is C12H19N3O2. The smallest absolute Gasteiger partial charge is 0.242 e. The van der Waals surface area contributed by atoms with E-state index in [0.29, 0.717) is 5.82 Å². The van der Waals surface area contributed by atoms with Crippen LogP contribution in [0.5, 0.6) is 0 Å². The van der Waals surface area contributed by atoms with Crippen LogP contribution in [0.3, 0.4) is 0 Å². The van der Waals surface area contributed by atoms with Gasteiger partial charge in [-0.1, -0.05) is 12.8 Å². The third-order valence-electron chi connectivity index (χ3n) is 3.21. The number of aliphatic hydroxyl groups is 1. The predicted molar refractivity (Wildman–Crippen MR) is 63.2 cm³/mol. The van der Waals surface area contributed by atoms with E-state index in [4.69, 9.17) is 5.11 Å². The lowest BCUT2D eigenvalue weighted by Crippen LogP contribution is -2.34. The highest BCUT2D eigenvalue weighted by Crippen LogP contribution is 2.10. The maximum Gasteiger partial charge on any atom is 0.242 e. The molecule has 1 saturated heterocycles. The first-order valence-electron chi connectivity index (χ1n) is 6.20. The van der Waals surface area contributed by atoms with Gasteiger partial charge in [-0.25, -0.2) is 4.98 Å². The second-order valence-electron chi connectivity index (χ2n) is 4.42. The molecule has 0 radical (unpaired) electrons. The van der Waals surface area contributed by atoms with E-state index >= 15 is 0 Å². The molecule has 0 unspecified atom stereocenters. The van der Waals surface area contributed by atoms with E-state index in [-0.39, 0.29) is 19.1 Å². The minimum Gasteiger partial charge on any atom is -0.388 e. The number of aromatic nitrogens is 2. The zero-order chi connectivity index (χ0) is 12.1. The maximum atomic E-state index is 12.1. The highest BCUT2D eigenvalue weighted by molar-refractivity contribution is 5.76. The van der Waals surface area contributed by atoms with Crippen LogP contribution in [0.4, 0.5) is 0 Å². The fourth-order valence-electron chi connectivity index (χ4n) is 2.20. The molecule has 2 rings (SSSR count). The lowest BCUT2D eigenvalue weighted by molar-refractivity contribution is -0.131. The van der Waals surface area contributed by atoms with E-state index in [1.165, 1.54) is 12.8 Å². The summed E-state index contributed by atoms with van der Waals surface area (Å²) in [5.74, 6) is 0.674. The van der Waals surface area contributed by atoms with Gasteiger partial charge in [0.15, 0.2) is 0 Å². The van der Waals surface area contributed by atoms with Crippen molar-refractivity contribution in [1.82, 2.24) is 14.5 Å². The molecule has 1 aromatic rings. The van der Waals surface area contributed by atoms with Crippen molar-refractivity contribution < 1.29 is 9.90 Å². The summed E-state index contributed by atoms with van der Waals surface area (Å²) in [4.78, 5) is 18.0. The Morgan fingerprint density at radius 3 is 2.65 bits per heavy atom. The van der Waals surface area contributed by atoms with Crippen LogP contribution in [-0.2, 0) is 17.9 Å². The fourth-order valence-corrected chi connectivity index (χ4v) is 2.20. The third kappa shape index (κ3) is 3.06. The minimum absolute atomic E-state index is 0.125. The summed E-state index contributed by atoms with van der Waals surface area (Å²) >= 11 is 0. The van der Waals surface area contributed by atoms with Gasteiger partial charge in [-0.05, 0) is 12.8 Å². The van der Waals surface area contributed by atoms with Crippen LogP contribution in [0.2, 0.25) is 0 Å². The van der Waals surface area contributed by atoms with Gasteiger partial charge in [0.05, 0.1) is 0 Å². The Morgan fingerprint density at radius 1 is 1.29 bits per heavy atom. The van der Waals surface area contributed by atoms with E-state index < -0.39 is 0 Å². The molecule has 0 aromatic carbocycles. The van der Waals surface area contributed by atoms with Crippen molar-refractivity contribution in [3.8, 4) is 0 Å². The van der Waals surface area contributed by atoms with E-state index in [1.54, 1.807) is 17.0 Å². The maximum absolute atomic E-state index is 12.1. The normalized spacial score (nSPS) is 16.9. The van der Waals surface area contributed by atoms with Crippen LogP contribution in [0.1, 0.15) is 31.5 Å². The molecule has 2 heterocycles. The van der Waals surface area contributed by atoms with Crippen LogP contribution in [0, 0.1) is 0 Å². The monoisotopic (exact) mass is 237 g/mol. The number of hydrogen-bond donors (Lipinski definition) is 1. The Bertz CT molecular complexity index is 368. The number of carbonyl (C=O) groups excluding carboxylic acids is 1. The zero-order valence-electron chi connectivity index (χ0n) is 10.0. The first-order chi connectivity index (χ1) is 8.31. The number of nitrogens with zero attached hydrogens (tertiary/aromatic N) is 3. The molecule has 1 aliphatic rings. The average molecular weight is 237 g/mol. The van der Waals surface area contributed by atoms with Crippen LogP contribution in [0.25, 0.3) is 0 Å². The number of hydrogen-bond acceptors (Lipinski definition) is 3. The minimum atomic E-state index is -0.125. The van der Waals surface area contributed by atoms with Crippen molar-refractivity contribution in [2.24, 2.45) is 0 Å². The third-order valence-corrected chi connectivity index (χ3v) is 3.21. The lowest BCUT2D eigenvalue weighted by atomic mass is 10.2. The fraction of sp³-hybridized carbons (Fsp3) is 0.667. The first-order valence-corrected chi connectivity index (χ1v) is 6.20. The van der Waals surface area contributed by atoms with E-state index in [1.807, 2.05) is 4.90 Å². The molecule has 0 aliphatic carbocycles. The molecule has 1 N–H and O–H groups in total. The number of carbonyl (C=O) groups is 1. The van der Waals surface area contributed by atoms with Crippen molar-refractivity contribution in [1.29, 1.82) is 0 Å². The topological polar surface area (TPSA) is 58.4 Å². The molecule has 1 amide bonds. The summed E-state index contributed by atoms with van der Waals surface area (Å²) in [7, 11) is 0. The van der Waals surface area contributed by atoms with Crippen molar-refractivity contribution >= 4 is 5.91 Å². The number of imidazole rings is 1. The molecule has 17 heavy (non-hydrogen) atoms. The molecular weight excluding hydrogens is 218 g/mol. The molecule has 1 fully saturated rings. The summed E-state index contributed by atoms with van der Waals surface area (Å²) in [5.41, 5.74) is 0. The zero-order valence-corrected chi connectivity index (χ0v) is 10.0. The van der Waals surface area contributed by atoms with E-state index in [9.17, 15) is 4.79 Å². The standard InChI is InChI=1S/C12H19N3O2/c16-10-11-13-5-8-15(11)9-12(17)14-6-3-1-2-4-7-14/h5,8,16H,1-4,6-7,9-10H2. The van der Waals surface area contributed by atoms with Gasteiger partial charge in [0.2, 0.25) is 5.91 Å². The molecule has 0 bridgehead atoms. The molecule has 0 atom stereocenters. The number of rotatable bonds is 3. The van der Waals surface area contributed by atoms with Crippen molar-refractivity contribution in [3.05, 3.63) is 18.2 Å². The number of likely N-dealkylation sites (tertiary alicyclic amines) is 1. The van der Waals surface area contributed by atoms with Crippen LogP contribution in [0.15, 0.2) is 12.4 Å². The predicted octanol–water partition coefficient (Wildman–Crippen LogP) is 0.778. The second kappa shape index (κ2) is 5.82. The lowest BCUT2D eigenvalue weighted by Gasteiger charge is -2.20. The van der Waals surface area contributed by atoms with Crippen LogP contribution in [-0.4, -0.2) is 38.6 Å². The summed E-state index contributed by atoms with van der Waals surface area (Å²) < 4.78 is 1.72. The highest BCUT2D eigenvalue weighted by atomic mass is 16.3. The summed E-state index contributed by atoms with van der Waals surface area (Å²) in [6.45, 7) is 1.89. The average Bonchev–Trinajstić information content (AvgIpc) is 2.62. The molecule has 5 nitrogen and oxygen atoms in total. The summed E-state index contributed by atoms with van der Waals surface area (Å²) in [6, 6.07) is 0. The highest BCUT2D eigenvalue weighted by Gasteiger charge is 2.16. The summed E-state index contributed by atoms with van der Waals surface area (Å²) in [6.07, 6.45) is 7.99. The van der Waals surface area contributed by atoms with Gasteiger partial charge < -0.3 is 14.6 Å². The Balaban J connectivity index is 1.95. The summed E-state index contributed by atoms with van der Waals surface area (Å²) in [5, 5.41) is 9.07. The Morgan fingerprint density at radius 2 is 2.00 bits per heavy atom. The van der Waals surface area contributed by atoms with E-state index in [2.05, 4.69) is 4.98 Å². The van der Waals surface area contributed by atoms with Gasteiger partial charge >= 0.3 is 0 Å². The Labute approximate surface area is 101 Å². The van der Waals surface area contributed by atoms with E-state index in [0.717, 1.165) is 25.9 Å². The molecule has 1 aliphatic heterocycles. The molecule has 94 valence electrons. The Hall–Kier alpha value is -1.36. The quantitative estimate of drug-likeness (QED) is 0.845. The van der Waals surface area contributed by atoms with Gasteiger partial charge in [0, 0.05) is 25.5 Å². The molecule has 0 spiro atoms. The first kappa shape index (κ1) is 12.1. The molecule has 5 heteroatoms. The second-order valence-corrected chi connectivity index (χ2v) is 4.42. The van der Waals surface area contributed by atoms with Gasteiger partial charge in [-0.2, -0.15) is 0 Å². The number of amides is 1. The van der Waals surface area contributed by atoms with Crippen molar-refractivity contribution in [3.63, 3.8) is 0 Å². The van der Waals surface area contributed by atoms with Gasteiger partial charge in [-0.15, -0.1) is 0 Å². The van der Waals surface area contributed by atoms with Gasteiger partial charge in [0.25, 0.3) is 0 Å². The van der Waals surface area contributed by atoms with Crippen molar-refractivity contribution in [2.45, 2.75) is 38.8 Å². The molecule has 0 saturated carbocycles. The SMILES string of the molecule is O=C(Cn1ccnc1CO)N1CCCCCC1. The largest absolute Gasteiger partial charge is 0.388 e. The van der Waals surface area contributed by atoms with Crippen LogP contribution < -0.4 is 0 Å². The van der Waals surface area contributed by atoms with Crippen LogP contribution >= 0.6 is 0 Å². The number of aliphatic hydroxyl groups excluding tert-OH is 1. The molecule has 1 aromatic heterocycles. The van der Waals surface area contributed by atoms with Crippen molar-refractivity contribution in [2.75, 3.05) is 13.1 Å².